The molecule has 154 valence electrons. The van der Waals surface area contributed by atoms with Crippen molar-refractivity contribution in [3.8, 4) is 16.9 Å². The van der Waals surface area contributed by atoms with E-state index < -0.39 is 17.7 Å². The maximum Gasteiger partial charge on any atom is 0.342 e. The topological polar surface area (TPSA) is 72.8 Å². The fourth-order valence-corrected chi connectivity index (χ4v) is 3.76. The quantitative estimate of drug-likeness (QED) is 0.571. The molecule has 0 heterocycles. The SMILES string of the molecule is COC(=O)c1c(O)c(Cc2ccccc2)c(Cl)c(-c2cccc(C)c2)c1C(=O)OC. The summed E-state index contributed by atoms with van der Waals surface area (Å²) in [7, 11) is 2.38. The van der Waals surface area contributed by atoms with Crippen LogP contribution in [0.1, 0.15) is 37.4 Å². The highest BCUT2D eigenvalue weighted by Gasteiger charge is 2.32. The smallest absolute Gasteiger partial charge is 0.342 e. The Labute approximate surface area is 179 Å². The van der Waals surface area contributed by atoms with Gasteiger partial charge in [-0.15, -0.1) is 0 Å². The average Bonchev–Trinajstić information content (AvgIpc) is 2.76. The molecule has 30 heavy (non-hydrogen) atoms. The lowest BCUT2D eigenvalue weighted by Crippen LogP contribution is -2.16. The van der Waals surface area contributed by atoms with Crippen molar-refractivity contribution in [1.29, 1.82) is 0 Å². The summed E-state index contributed by atoms with van der Waals surface area (Å²) in [6.45, 7) is 1.90. The van der Waals surface area contributed by atoms with E-state index in [9.17, 15) is 14.7 Å². The van der Waals surface area contributed by atoms with Crippen LogP contribution in [0, 0.1) is 6.92 Å². The molecule has 5 nitrogen and oxygen atoms in total. The molecule has 0 aliphatic heterocycles. The zero-order valence-electron chi connectivity index (χ0n) is 16.9. The van der Waals surface area contributed by atoms with Crippen molar-refractivity contribution in [2.75, 3.05) is 14.2 Å². The van der Waals surface area contributed by atoms with E-state index in [0.29, 0.717) is 16.7 Å². The third kappa shape index (κ3) is 4.02. The van der Waals surface area contributed by atoms with Crippen LogP contribution in [0.2, 0.25) is 5.02 Å². The van der Waals surface area contributed by atoms with Crippen LogP contribution < -0.4 is 0 Å². The molecule has 0 aliphatic rings. The minimum Gasteiger partial charge on any atom is -0.507 e. The minimum atomic E-state index is -0.854. The van der Waals surface area contributed by atoms with E-state index in [1.54, 1.807) is 6.07 Å². The first kappa shape index (κ1) is 21.4. The molecule has 3 aromatic rings. The number of ether oxygens (including phenoxy) is 2. The number of phenolic OH excluding ortho intramolecular Hbond substituents is 1. The summed E-state index contributed by atoms with van der Waals surface area (Å²) in [5.74, 6) is -2.05. The Balaban J connectivity index is 2.41. The van der Waals surface area contributed by atoms with Crippen molar-refractivity contribution < 1.29 is 24.2 Å². The highest BCUT2D eigenvalue weighted by Crippen LogP contribution is 2.44. The lowest BCUT2D eigenvalue weighted by molar-refractivity contribution is 0.0552. The van der Waals surface area contributed by atoms with Crippen LogP contribution in [-0.4, -0.2) is 31.3 Å². The number of aryl methyl sites for hydroxylation is 1. The number of aromatic hydroxyl groups is 1. The summed E-state index contributed by atoms with van der Waals surface area (Å²) < 4.78 is 9.78. The number of phenols is 1. The summed E-state index contributed by atoms with van der Waals surface area (Å²) in [4.78, 5) is 25.3. The van der Waals surface area contributed by atoms with Gasteiger partial charge in [0.2, 0.25) is 0 Å². The van der Waals surface area contributed by atoms with Crippen molar-refractivity contribution in [2.24, 2.45) is 0 Å². The zero-order valence-corrected chi connectivity index (χ0v) is 17.6. The summed E-state index contributed by atoms with van der Waals surface area (Å²) in [5, 5.41) is 11.2. The maximum absolute atomic E-state index is 12.7. The Hall–Kier alpha value is -3.31. The van der Waals surface area contributed by atoms with Gasteiger partial charge in [-0.05, 0) is 18.1 Å². The molecule has 3 aromatic carbocycles. The first-order valence-electron chi connectivity index (χ1n) is 9.23. The molecule has 0 saturated carbocycles. The number of rotatable bonds is 5. The van der Waals surface area contributed by atoms with Gasteiger partial charge >= 0.3 is 11.9 Å². The van der Waals surface area contributed by atoms with Gasteiger partial charge < -0.3 is 14.6 Å². The number of hydrogen-bond donors (Lipinski definition) is 1. The molecule has 0 fully saturated rings. The van der Waals surface area contributed by atoms with Crippen LogP contribution in [0.15, 0.2) is 54.6 Å². The van der Waals surface area contributed by atoms with Crippen LogP contribution in [0.5, 0.6) is 5.75 Å². The number of carbonyl (C=O) groups is 2. The third-order valence-electron chi connectivity index (χ3n) is 4.82. The molecule has 0 amide bonds. The van der Waals surface area contributed by atoms with E-state index in [1.165, 1.54) is 14.2 Å². The second-order valence-corrected chi connectivity index (χ2v) is 7.16. The van der Waals surface area contributed by atoms with E-state index in [2.05, 4.69) is 0 Å². The average molecular weight is 425 g/mol. The molecule has 0 radical (unpaired) electrons. The van der Waals surface area contributed by atoms with Crippen LogP contribution in [-0.2, 0) is 15.9 Å². The standard InChI is InChI=1S/C24H21ClO5/c1-14-8-7-11-16(12-14)18-19(23(27)29-2)20(24(28)30-3)22(26)17(21(18)25)13-15-9-5-4-6-10-15/h4-12,26H,13H2,1-3H3. The highest BCUT2D eigenvalue weighted by molar-refractivity contribution is 6.36. The molecular weight excluding hydrogens is 404 g/mol. The summed E-state index contributed by atoms with van der Waals surface area (Å²) in [6.07, 6.45) is 0.260. The number of carbonyl (C=O) groups excluding carboxylic acids is 2. The van der Waals surface area contributed by atoms with Crippen molar-refractivity contribution >= 4 is 23.5 Å². The van der Waals surface area contributed by atoms with E-state index in [4.69, 9.17) is 21.1 Å². The van der Waals surface area contributed by atoms with Gasteiger partial charge in [0.05, 0.1) is 24.8 Å². The normalized spacial score (nSPS) is 10.5. The van der Waals surface area contributed by atoms with Crippen molar-refractivity contribution in [3.05, 3.63) is 87.4 Å². The first-order chi connectivity index (χ1) is 14.4. The molecule has 0 unspecified atom stereocenters. The summed E-state index contributed by atoms with van der Waals surface area (Å²) in [6, 6.07) is 16.7. The zero-order chi connectivity index (χ0) is 21.8. The maximum atomic E-state index is 12.7. The van der Waals surface area contributed by atoms with Crippen LogP contribution in [0.3, 0.4) is 0 Å². The predicted molar refractivity (Wildman–Crippen MR) is 115 cm³/mol. The number of methoxy groups -OCH3 is 2. The van der Waals surface area contributed by atoms with Gasteiger partial charge in [0.25, 0.3) is 0 Å². The third-order valence-corrected chi connectivity index (χ3v) is 5.23. The fraction of sp³-hybridized carbons (Fsp3) is 0.167. The van der Waals surface area contributed by atoms with E-state index >= 15 is 0 Å². The molecule has 1 N–H and O–H groups in total. The molecule has 0 aliphatic carbocycles. The van der Waals surface area contributed by atoms with E-state index in [-0.39, 0.29) is 22.6 Å². The van der Waals surface area contributed by atoms with Crippen molar-refractivity contribution in [2.45, 2.75) is 13.3 Å². The number of halogens is 1. The van der Waals surface area contributed by atoms with Gasteiger partial charge in [-0.3, -0.25) is 0 Å². The molecular formula is C24H21ClO5. The molecule has 3 rings (SSSR count). The minimum absolute atomic E-state index is 0.130. The van der Waals surface area contributed by atoms with Gasteiger partial charge in [0, 0.05) is 17.5 Å². The van der Waals surface area contributed by atoms with Crippen molar-refractivity contribution in [1.82, 2.24) is 0 Å². The monoisotopic (exact) mass is 424 g/mol. The largest absolute Gasteiger partial charge is 0.507 e. The van der Waals surface area contributed by atoms with Gasteiger partial charge in [-0.25, -0.2) is 9.59 Å². The van der Waals surface area contributed by atoms with Gasteiger partial charge in [-0.2, -0.15) is 0 Å². The molecule has 0 spiro atoms. The highest BCUT2D eigenvalue weighted by atomic mass is 35.5. The van der Waals surface area contributed by atoms with Gasteiger partial charge in [0.1, 0.15) is 11.3 Å². The second kappa shape index (κ2) is 9.01. The molecule has 0 aromatic heterocycles. The van der Waals surface area contributed by atoms with Gasteiger partial charge in [0.15, 0.2) is 0 Å². The Bertz CT molecular complexity index is 1110. The van der Waals surface area contributed by atoms with E-state index in [1.807, 2.05) is 55.5 Å². The number of benzene rings is 3. The lowest BCUT2D eigenvalue weighted by atomic mass is 9.89. The predicted octanol–water partition coefficient (Wildman–Crippen LogP) is 5.19. The molecule has 0 bridgehead atoms. The van der Waals surface area contributed by atoms with Crippen molar-refractivity contribution in [3.63, 3.8) is 0 Å². The van der Waals surface area contributed by atoms with Gasteiger partial charge in [-0.1, -0.05) is 71.8 Å². The Morgan fingerprint density at radius 2 is 1.57 bits per heavy atom. The Morgan fingerprint density at radius 1 is 0.933 bits per heavy atom. The van der Waals surface area contributed by atoms with E-state index in [0.717, 1.165) is 11.1 Å². The summed E-state index contributed by atoms with van der Waals surface area (Å²) in [5.41, 5.74) is 2.69. The Morgan fingerprint density at radius 3 is 2.17 bits per heavy atom. The van der Waals surface area contributed by atoms with Crippen LogP contribution in [0.4, 0.5) is 0 Å². The molecule has 0 saturated heterocycles. The lowest BCUT2D eigenvalue weighted by Gasteiger charge is -2.20. The van der Waals surface area contributed by atoms with Crippen LogP contribution in [0.25, 0.3) is 11.1 Å². The second-order valence-electron chi connectivity index (χ2n) is 6.78. The molecule has 0 atom stereocenters. The first-order valence-corrected chi connectivity index (χ1v) is 9.61. The Kier molecular flexibility index (Phi) is 6.43. The fourth-order valence-electron chi connectivity index (χ4n) is 3.40. The van der Waals surface area contributed by atoms with Crippen LogP contribution >= 0.6 is 11.6 Å². The summed E-state index contributed by atoms with van der Waals surface area (Å²) >= 11 is 6.76. The number of esters is 2. The number of hydrogen-bond acceptors (Lipinski definition) is 5. The molecule has 6 heteroatoms.